The van der Waals surface area contributed by atoms with Gasteiger partial charge in [-0.3, -0.25) is 4.79 Å². The van der Waals surface area contributed by atoms with Gasteiger partial charge >= 0.3 is 0 Å². The second-order valence-electron chi connectivity index (χ2n) is 5.57. The van der Waals surface area contributed by atoms with Crippen LogP contribution in [0.2, 0.25) is 0 Å². The summed E-state index contributed by atoms with van der Waals surface area (Å²) in [6.07, 6.45) is 3.81. The quantitative estimate of drug-likeness (QED) is 0.767. The Labute approximate surface area is 139 Å². The lowest BCUT2D eigenvalue weighted by molar-refractivity contribution is -0.133. The predicted molar refractivity (Wildman–Crippen MR) is 91.4 cm³/mol. The normalized spacial score (nSPS) is 17.7. The maximum absolute atomic E-state index is 12.6. The maximum atomic E-state index is 12.6. The van der Waals surface area contributed by atoms with Gasteiger partial charge in [0.2, 0.25) is 5.91 Å². The van der Waals surface area contributed by atoms with Crippen LogP contribution in [0.25, 0.3) is 0 Å². The van der Waals surface area contributed by atoms with Crippen LogP contribution in [0, 0.1) is 0 Å². The Kier molecular flexibility index (Phi) is 5.64. The van der Waals surface area contributed by atoms with Crippen molar-refractivity contribution in [3.63, 3.8) is 0 Å². The van der Waals surface area contributed by atoms with Gasteiger partial charge in [-0.1, -0.05) is 12.1 Å². The largest absolute Gasteiger partial charge is 0.376 e. The van der Waals surface area contributed by atoms with Crippen molar-refractivity contribution in [2.24, 2.45) is 0 Å². The second-order valence-corrected chi connectivity index (χ2v) is 7.63. The molecule has 0 saturated carbocycles. The molecular weight excluding hydrogens is 314 g/mol. The Morgan fingerprint density at radius 3 is 2.64 bits per heavy atom. The van der Waals surface area contributed by atoms with Crippen LogP contribution in [0.4, 0.5) is 0 Å². The van der Waals surface area contributed by atoms with Crippen LogP contribution in [0.15, 0.2) is 35.0 Å². The summed E-state index contributed by atoms with van der Waals surface area (Å²) in [5.74, 6) is 0.234. The van der Waals surface area contributed by atoms with E-state index in [2.05, 4.69) is 22.9 Å². The minimum absolute atomic E-state index is 0.214. The highest BCUT2D eigenvalue weighted by atomic mass is 32.1. The van der Waals surface area contributed by atoms with Gasteiger partial charge in [-0.05, 0) is 42.2 Å². The first-order valence-electron chi connectivity index (χ1n) is 7.75. The van der Waals surface area contributed by atoms with Gasteiger partial charge in [0.15, 0.2) is 0 Å². The number of carbonyl (C=O) groups is 1. The topological polar surface area (TPSA) is 29.5 Å². The average Bonchev–Trinajstić information content (AvgIpc) is 3.27. The van der Waals surface area contributed by atoms with Gasteiger partial charge in [0, 0.05) is 29.3 Å². The fraction of sp³-hybridized carbons (Fsp3) is 0.471. The molecule has 1 aliphatic heterocycles. The summed E-state index contributed by atoms with van der Waals surface area (Å²) in [4.78, 5) is 17.1. The molecule has 22 heavy (non-hydrogen) atoms. The molecule has 5 heteroatoms. The molecule has 118 valence electrons. The Morgan fingerprint density at radius 1 is 1.23 bits per heavy atom. The minimum Gasteiger partial charge on any atom is -0.376 e. The molecule has 1 unspecified atom stereocenters. The first-order valence-corrected chi connectivity index (χ1v) is 9.51. The zero-order valence-electron chi connectivity index (χ0n) is 12.6. The van der Waals surface area contributed by atoms with E-state index in [0.717, 1.165) is 32.4 Å². The number of aryl methyl sites for hydroxylation is 1. The molecule has 1 fully saturated rings. The van der Waals surface area contributed by atoms with Crippen LogP contribution in [0.1, 0.15) is 29.0 Å². The molecular formula is C17H21NO2S2. The summed E-state index contributed by atoms with van der Waals surface area (Å²) in [7, 11) is 0. The van der Waals surface area contributed by atoms with Crippen LogP contribution in [0.5, 0.6) is 0 Å². The summed E-state index contributed by atoms with van der Waals surface area (Å²) >= 11 is 3.43. The lowest BCUT2D eigenvalue weighted by Crippen LogP contribution is -2.36. The van der Waals surface area contributed by atoms with Crippen molar-refractivity contribution in [2.45, 2.75) is 38.3 Å². The van der Waals surface area contributed by atoms with E-state index in [1.165, 1.54) is 9.75 Å². The lowest BCUT2D eigenvalue weighted by atomic mass is 10.2. The standard InChI is InChI=1S/C17H21NO2S2/c19-17(8-7-15-5-2-10-21-15)18(12-14-4-1-9-20-14)13-16-6-3-11-22-16/h2-3,5-6,10-11,14H,1,4,7-9,12-13H2. The molecule has 1 aliphatic rings. The van der Waals surface area contributed by atoms with Crippen molar-refractivity contribution < 1.29 is 9.53 Å². The monoisotopic (exact) mass is 335 g/mol. The Bertz CT molecular complexity index is 560. The molecule has 3 rings (SSSR count). The van der Waals surface area contributed by atoms with Gasteiger partial charge in [-0.2, -0.15) is 0 Å². The van der Waals surface area contributed by atoms with Crippen LogP contribution in [0.3, 0.4) is 0 Å². The number of thiophene rings is 2. The molecule has 0 N–H and O–H groups in total. The molecule has 1 amide bonds. The lowest BCUT2D eigenvalue weighted by Gasteiger charge is -2.25. The molecule has 2 aromatic rings. The molecule has 1 saturated heterocycles. The summed E-state index contributed by atoms with van der Waals surface area (Å²) in [6, 6.07) is 8.28. The molecule has 3 heterocycles. The highest BCUT2D eigenvalue weighted by Gasteiger charge is 2.22. The average molecular weight is 335 g/mol. The molecule has 1 atom stereocenters. The number of ether oxygens (including phenoxy) is 1. The third kappa shape index (κ3) is 4.41. The Balaban J connectivity index is 1.59. The molecule has 3 nitrogen and oxygen atoms in total. The molecule has 0 aromatic carbocycles. The number of nitrogens with zero attached hydrogens (tertiary/aromatic N) is 1. The summed E-state index contributed by atoms with van der Waals surface area (Å²) in [6.45, 7) is 2.27. The second kappa shape index (κ2) is 7.90. The minimum atomic E-state index is 0.214. The number of hydrogen-bond donors (Lipinski definition) is 0. The van der Waals surface area contributed by atoms with E-state index >= 15 is 0 Å². The molecule has 0 aliphatic carbocycles. The van der Waals surface area contributed by atoms with Crippen molar-refractivity contribution >= 4 is 28.6 Å². The Hall–Kier alpha value is -1.17. The number of hydrogen-bond acceptors (Lipinski definition) is 4. The van der Waals surface area contributed by atoms with Crippen molar-refractivity contribution in [1.29, 1.82) is 0 Å². The van der Waals surface area contributed by atoms with E-state index in [0.29, 0.717) is 13.0 Å². The fourth-order valence-electron chi connectivity index (χ4n) is 2.72. The summed E-state index contributed by atoms with van der Waals surface area (Å²) in [5, 5.41) is 4.13. The zero-order chi connectivity index (χ0) is 15.2. The van der Waals surface area contributed by atoms with Crippen molar-refractivity contribution in [3.05, 3.63) is 44.8 Å². The summed E-state index contributed by atoms with van der Waals surface area (Å²) < 4.78 is 5.71. The number of carbonyl (C=O) groups excluding carboxylic acids is 1. The van der Waals surface area contributed by atoms with E-state index in [1.807, 2.05) is 17.0 Å². The number of rotatable bonds is 7. The first-order chi connectivity index (χ1) is 10.8. The van der Waals surface area contributed by atoms with E-state index < -0.39 is 0 Å². The van der Waals surface area contributed by atoms with E-state index in [-0.39, 0.29) is 12.0 Å². The van der Waals surface area contributed by atoms with Crippen LogP contribution in [-0.2, 0) is 22.5 Å². The van der Waals surface area contributed by atoms with Gasteiger partial charge in [0.1, 0.15) is 0 Å². The highest BCUT2D eigenvalue weighted by molar-refractivity contribution is 7.10. The van der Waals surface area contributed by atoms with E-state index in [9.17, 15) is 4.79 Å². The van der Waals surface area contributed by atoms with Gasteiger partial charge in [-0.15, -0.1) is 22.7 Å². The third-order valence-corrected chi connectivity index (χ3v) is 5.69. The summed E-state index contributed by atoms with van der Waals surface area (Å²) in [5.41, 5.74) is 0. The Morgan fingerprint density at radius 2 is 2.00 bits per heavy atom. The predicted octanol–water partition coefficient (Wildman–Crippen LogP) is 3.95. The smallest absolute Gasteiger partial charge is 0.223 e. The van der Waals surface area contributed by atoms with E-state index in [4.69, 9.17) is 4.74 Å². The van der Waals surface area contributed by atoms with Gasteiger partial charge in [0.05, 0.1) is 12.6 Å². The first kappa shape index (κ1) is 15.7. The molecule has 2 aromatic heterocycles. The molecule has 0 radical (unpaired) electrons. The van der Waals surface area contributed by atoms with Gasteiger partial charge in [-0.25, -0.2) is 0 Å². The van der Waals surface area contributed by atoms with Gasteiger partial charge in [0.25, 0.3) is 0 Å². The zero-order valence-corrected chi connectivity index (χ0v) is 14.2. The van der Waals surface area contributed by atoms with Crippen LogP contribution in [-0.4, -0.2) is 30.1 Å². The van der Waals surface area contributed by atoms with Crippen molar-refractivity contribution in [3.8, 4) is 0 Å². The molecule has 0 spiro atoms. The third-order valence-electron chi connectivity index (χ3n) is 3.89. The fourth-order valence-corrected chi connectivity index (χ4v) is 4.15. The SMILES string of the molecule is O=C(CCc1cccs1)N(Cc1cccs1)CC1CCCO1. The number of amides is 1. The maximum Gasteiger partial charge on any atom is 0.223 e. The van der Waals surface area contributed by atoms with E-state index in [1.54, 1.807) is 22.7 Å². The highest BCUT2D eigenvalue weighted by Crippen LogP contribution is 2.19. The van der Waals surface area contributed by atoms with Crippen LogP contribution >= 0.6 is 22.7 Å². The van der Waals surface area contributed by atoms with Crippen molar-refractivity contribution in [1.82, 2.24) is 4.90 Å². The molecule has 0 bridgehead atoms. The van der Waals surface area contributed by atoms with Crippen molar-refractivity contribution in [2.75, 3.05) is 13.2 Å². The van der Waals surface area contributed by atoms with Crippen LogP contribution < -0.4 is 0 Å². The van der Waals surface area contributed by atoms with Gasteiger partial charge < -0.3 is 9.64 Å².